The van der Waals surface area contributed by atoms with Gasteiger partial charge in [0.25, 0.3) is 0 Å². The highest BCUT2D eigenvalue weighted by molar-refractivity contribution is 5.58. The molecule has 2 N–H and O–H groups in total. The summed E-state index contributed by atoms with van der Waals surface area (Å²) in [6.07, 6.45) is 0.823. The summed E-state index contributed by atoms with van der Waals surface area (Å²) in [4.78, 5) is 1.95. The van der Waals surface area contributed by atoms with E-state index < -0.39 is 0 Å². The largest absolute Gasteiger partial charge is 0.495 e. The third kappa shape index (κ3) is 4.23. The SMILES string of the molecule is COc1ccc(F)cc1N(C)CCC(C)(C)N. The lowest BCUT2D eigenvalue weighted by atomic mass is 10.0. The van der Waals surface area contributed by atoms with E-state index in [2.05, 4.69) is 0 Å². The van der Waals surface area contributed by atoms with Crippen LogP contribution in [0.4, 0.5) is 10.1 Å². The molecule has 0 radical (unpaired) electrons. The molecule has 0 unspecified atom stereocenters. The van der Waals surface area contributed by atoms with E-state index in [9.17, 15) is 4.39 Å². The van der Waals surface area contributed by atoms with Gasteiger partial charge in [-0.05, 0) is 32.4 Å². The number of hydrogen-bond donors (Lipinski definition) is 1. The average molecular weight is 240 g/mol. The smallest absolute Gasteiger partial charge is 0.142 e. The fraction of sp³-hybridized carbons (Fsp3) is 0.538. The van der Waals surface area contributed by atoms with Gasteiger partial charge >= 0.3 is 0 Å². The van der Waals surface area contributed by atoms with Crippen LogP contribution in [0.5, 0.6) is 5.75 Å². The molecule has 1 aromatic carbocycles. The lowest BCUT2D eigenvalue weighted by molar-refractivity contribution is 0.412. The lowest BCUT2D eigenvalue weighted by Gasteiger charge is -2.26. The summed E-state index contributed by atoms with van der Waals surface area (Å²) in [6.45, 7) is 4.70. The van der Waals surface area contributed by atoms with Gasteiger partial charge < -0.3 is 15.4 Å². The van der Waals surface area contributed by atoms with E-state index >= 15 is 0 Å². The van der Waals surface area contributed by atoms with Crippen molar-refractivity contribution >= 4 is 5.69 Å². The first kappa shape index (κ1) is 13.8. The van der Waals surface area contributed by atoms with Crippen LogP contribution in [0, 0.1) is 5.82 Å². The Hall–Kier alpha value is -1.29. The van der Waals surface area contributed by atoms with E-state index in [0.717, 1.165) is 18.7 Å². The molecule has 0 aliphatic rings. The molecule has 0 atom stereocenters. The Balaban J connectivity index is 2.80. The molecule has 0 saturated carbocycles. The average Bonchev–Trinajstić information content (AvgIpc) is 2.25. The Labute approximate surface area is 102 Å². The molecule has 0 aliphatic heterocycles. The van der Waals surface area contributed by atoms with Crippen LogP contribution >= 0.6 is 0 Å². The molecule has 1 rings (SSSR count). The Morgan fingerprint density at radius 3 is 2.59 bits per heavy atom. The van der Waals surface area contributed by atoms with E-state index in [1.807, 2.05) is 25.8 Å². The minimum Gasteiger partial charge on any atom is -0.495 e. The van der Waals surface area contributed by atoms with Crippen molar-refractivity contribution in [2.24, 2.45) is 5.73 Å². The second-order valence-corrected chi connectivity index (χ2v) is 4.98. The number of halogens is 1. The van der Waals surface area contributed by atoms with Gasteiger partial charge in [0.15, 0.2) is 0 Å². The Bertz CT molecular complexity index is 374. The minimum absolute atomic E-state index is 0.227. The maximum atomic E-state index is 13.2. The van der Waals surface area contributed by atoms with Crippen LogP contribution in [-0.4, -0.2) is 26.2 Å². The van der Waals surface area contributed by atoms with Crippen molar-refractivity contribution in [1.82, 2.24) is 0 Å². The molecule has 0 aliphatic carbocycles. The molecule has 0 fully saturated rings. The number of benzene rings is 1. The van der Waals surface area contributed by atoms with Gasteiger partial charge in [-0.25, -0.2) is 4.39 Å². The molecule has 1 aromatic rings. The summed E-state index contributed by atoms with van der Waals surface area (Å²) in [5.41, 5.74) is 6.45. The van der Waals surface area contributed by atoms with Crippen LogP contribution in [0.2, 0.25) is 0 Å². The fourth-order valence-electron chi connectivity index (χ4n) is 1.54. The predicted octanol–water partition coefficient (Wildman–Crippen LogP) is 2.40. The number of nitrogens with two attached hydrogens (primary N) is 1. The first-order valence-corrected chi connectivity index (χ1v) is 5.67. The van der Waals surface area contributed by atoms with Crippen molar-refractivity contribution in [2.75, 3.05) is 25.6 Å². The Kier molecular flexibility index (Phi) is 4.34. The van der Waals surface area contributed by atoms with Gasteiger partial charge in [-0.1, -0.05) is 0 Å². The summed E-state index contributed by atoms with van der Waals surface area (Å²) in [5, 5.41) is 0. The highest BCUT2D eigenvalue weighted by atomic mass is 19.1. The normalized spacial score (nSPS) is 11.4. The summed E-state index contributed by atoms with van der Waals surface area (Å²) in [6, 6.07) is 4.50. The van der Waals surface area contributed by atoms with Crippen LogP contribution < -0.4 is 15.4 Å². The van der Waals surface area contributed by atoms with E-state index in [0.29, 0.717) is 5.75 Å². The molecular formula is C13H21FN2O. The van der Waals surface area contributed by atoms with Gasteiger partial charge in [0.05, 0.1) is 12.8 Å². The maximum absolute atomic E-state index is 13.2. The van der Waals surface area contributed by atoms with Crippen LogP contribution in [0.1, 0.15) is 20.3 Å². The summed E-state index contributed by atoms with van der Waals surface area (Å²) >= 11 is 0. The van der Waals surface area contributed by atoms with E-state index in [-0.39, 0.29) is 11.4 Å². The molecule has 0 amide bonds. The molecule has 0 aromatic heterocycles. The van der Waals surface area contributed by atoms with Crippen LogP contribution in [0.3, 0.4) is 0 Å². The highest BCUT2D eigenvalue weighted by Crippen LogP contribution is 2.28. The maximum Gasteiger partial charge on any atom is 0.142 e. The fourth-order valence-corrected chi connectivity index (χ4v) is 1.54. The standard InChI is InChI=1S/C13H21FN2O/c1-13(2,15)7-8-16(3)11-9-10(14)5-6-12(11)17-4/h5-6,9H,7-8,15H2,1-4H3. The molecule has 17 heavy (non-hydrogen) atoms. The highest BCUT2D eigenvalue weighted by Gasteiger charge is 2.14. The second-order valence-electron chi connectivity index (χ2n) is 4.98. The monoisotopic (exact) mass is 240 g/mol. The molecule has 4 heteroatoms. The molecule has 0 bridgehead atoms. The van der Waals surface area contributed by atoms with Gasteiger partial charge in [0, 0.05) is 25.2 Å². The first-order valence-electron chi connectivity index (χ1n) is 5.67. The van der Waals surface area contributed by atoms with Crippen molar-refractivity contribution in [1.29, 1.82) is 0 Å². The van der Waals surface area contributed by atoms with Crippen LogP contribution in [0.25, 0.3) is 0 Å². The van der Waals surface area contributed by atoms with Crippen molar-refractivity contribution in [3.05, 3.63) is 24.0 Å². The molecule has 0 spiro atoms. The molecule has 0 saturated heterocycles. The first-order chi connectivity index (χ1) is 7.83. The zero-order valence-electron chi connectivity index (χ0n) is 11.0. The van der Waals surface area contributed by atoms with Crippen molar-refractivity contribution in [3.63, 3.8) is 0 Å². The third-order valence-electron chi connectivity index (χ3n) is 2.64. The van der Waals surface area contributed by atoms with E-state index in [1.165, 1.54) is 12.1 Å². The Morgan fingerprint density at radius 1 is 1.41 bits per heavy atom. The summed E-state index contributed by atoms with van der Waals surface area (Å²) < 4.78 is 18.4. The van der Waals surface area contributed by atoms with Gasteiger partial charge in [-0.3, -0.25) is 0 Å². The van der Waals surface area contributed by atoms with Crippen molar-refractivity contribution < 1.29 is 9.13 Å². The van der Waals surface area contributed by atoms with Gasteiger partial charge in [-0.2, -0.15) is 0 Å². The number of ether oxygens (including phenoxy) is 1. The van der Waals surface area contributed by atoms with Crippen molar-refractivity contribution in [2.45, 2.75) is 25.8 Å². The topological polar surface area (TPSA) is 38.5 Å². The summed E-state index contributed by atoms with van der Waals surface area (Å²) in [5.74, 6) is 0.406. The van der Waals surface area contributed by atoms with Crippen LogP contribution in [-0.2, 0) is 0 Å². The quantitative estimate of drug-likeness (QED) is 0.859. The third-order valence-corrected chi connectivity index (χ3v) is 2.64. The van der Waals surface area contributed by atoms with Gasteiger partial charge in [0.1, 0.15) is 11.6 Å². The van der Waals surface area contributed by atoms with Gasteiger partial charge in [0.2, 0.25) is 0 Å². The zero-order valence-corrected chi connectivity index (χ0v) is 11.0. The number of methoxy groups -OCH3 is 1. The van der Waals surface area contributed by atoms with Gasteiger partial charge in [-0.15, -0.1) is 0 Å². The summed E-state index contributed by atoms with van der Waals surface area (Å²) in [7, 11) is 3.49. The second kappa shape index (κ2) is 5.36. The van der Waals surface area contributed by atoms with Crippen molar-refractivity contribution in [3.8, 4) is 5.75 Å². The number of rotatable bonds is 5. The number of nitrogens with zero attached hydrogens (tertiary/aromatic N) is 1. The predicted molar refractivity (Wildman–Crippen MR) is 69.1 cm³/mol. The minimum atomic E-state index is -0.264. The lowest BCUT2D eigenvalue weighted by Crippen LogP contribution is -2.36. The number of hydrogen-bond acceptors (Lipinski definition) is 3. The molecular weight excluding hydrogens is 219 g/mol. The van der Waals surface area contributed by atoms with E-state index in [1.54, 1.807) is 13.2 Å². The number of anilines is 1. The molecule has 0 heterocycles. The zero-order chi connectivity index (χ0) is 13.1. The van der Waals surface area contributed by atoms with E-state index in [4.69, 9.17) is 10.5 Å². The van der Waals surface area contributed by atoms with Crippen LogP contribution in [0.15, 0.2) is 18.2 Å². The Morgan fingerprint density at radius 2 is 2.06 bits per heavy atom. The molecule has 3 nitrogen and oxygen atoms in total. The molecule has 96 valence electrons.